The summed E-state index contributed by atoms with van der Waals surface area (Å²) in [7, 11) is 0. The first-order valence-electron chi connectivity index (χ1n) is 10.7. The van der Waals surface area contributed by atoms with Crippen LogP contribution in [0.25, 0.3) is 0 Å². The van der Waals surface area contributed by atoms with E-state index in [0.717, 1.165) is 17.9 Å². The molecule has 0 fully saturated rings. The Morgan fingerprint density at radius 3 is 1.87 bits per heavy atom. The van der Waals surface area contributed by atoms with Gasteiger partial charge in [-0.05, 0) is 43.9 Å². The topological polar surface area (TPSA) is 3.24 Å². The van der Waals surface area contributed by atoms with Crippen LogP contribution in [0.5, 0.6) is 0 Å². The predicted octanol–water partition coefficient (Wildman–Crippen LogP) is 6.83. The summed E-state index contributed by atoms with van der Waals surface area (Å²) in [6.45, 7) is 12.1. The Kier molecular flexibility index (Phi) is 11.8. The largest absolute Gasteiger partial charge is 0.296 e. The molecule has 0 saturated carbocycles. The standard InChI is InChI=1S/C22H43N/c1-5-9-14-20(7-3)18-23(22-16-12-11-13-17-22)19-21(8-4)15-10-6-2/h12,16,20-22H,5-11,13-15,17-19H2,1-4H3. The van der Waals surface area contributed by atoms with Crippen molar-refractivity contribution in [2.24, 2.45) is 11.8 Å². The fourth-order valence-electron chi connectivity index (χ4n) is 3.94. The number of hydrogen-bond acceptors (Lipinski definition) is 1. The van der Waals surface area contributed by atoms with Crippen LogP contribution in [0, 0.1) is 11.8 Å². The summed E-state index contributed by atoms with van der Waals surface area (Å²) in [5.41, 5.74) is 0. The summed E-state index contributed by atoms with van der Waals surface area (Å²) in [5.74, 6) is 1.79. The summed E-state index contributed by atoms with van der Waals surface area (Å²) in [6, 6.07) is 0.718. The van der Waals surface area contributed by atoms with Crippen molar-refractivity contribution >= 4 is 0 Å². The molecule has 0 aromatic rings. The molecule has 0 aromatic carbocycles. The average molecular weight is 322 g/mol. The minimum atomic E-state index is 0.718. The van der Waals surface area contributed by atoms with Gasteiger partial charge < -0.3 is 0 Å². The van der Waals surface area contributed by atoms with E-state index in [0.29, 0.717) is 0 Å². The Bertz CT molecular complexity index is 278. The Labute approximate surface area is 146 Å². The molecule has 3 unspecified atom stereocenters. The fraction of sp³-hybridized carbons (Fsp3) is 0.909. The molecule has 0 aromatic heterocycles. The molecule has 0 bridgehead atoms. The van der Waals surface area contributed by atoms with Crippen LogP contribution in [-0.4, -0.2) is 24.0 Å². The zero-order chi connectivity index (χ0) is 16.9. The molecular weight excluding hydrogens is 278 g/mol. The van der Waals surface area contributed by atoms with Crippen molar-refractivity contribution in [3.8, 4) is 0 Å². The van der Waals surface area contributed by atoms with Crippen molar-refractivity contribution in [2.75, 3.05) is 13.1 Å². The van der Waals surface area contributed by atoms with Gasteiger partial charge in [0.15, 0.2) is 0 Å². The number of unbranched alkanes of at least 4 members (excludes halogenated alkanes) is 2. The molecule has 0 aliphatic heterocycles. The first-order valence-corrected chi connectivity index (χ1v) is 10.7. The highest BCUT2D eigenvalue weighted by atomic mass is 15.2. The van der Waals surface area contributed by atoms with Crippen molar-refractivity contribution in [1.82, 2.24) is 4.90 Å². The van der Waals surface area contributed by atoms with Gasteiger partial charge in [0.25, 0.3) is 0 Å². The molecular formula is C22H43N. The smallest absolute Gasteiger partial charge is 0.0278 e. The maximum Gasteiger partial charge on any atom is 0.0278 e. The van der Waals surface area contributed by atoms with Gasteiger partial charge in [-0.3, -0.25) is 4.90 Å². The normalized spacial score (nSPS) is 20.8. The molecule has 1 heteroatoms. The van der Waals surface area contributed by atoms with E-state index in [2.05, 4.69) is 44.7 Å². The molecule has 23 heavy (non-hydrogen) atoms. The van der Waals surface area contributed by atoms with Gasteiger partial charge in [-0.15, -0.1) is 0 Å². The molecule has 3 atom stereocenters. The van der Waals surface area contributed by atoms with E-state index in [1.807, 2.05) is 0 Å². The zero-order valence-electron chi connectivity index (χ0n) is 16.5. The molecule has 0 heterocycles. The third-order valence-corrected chi connectivity index (χ3v) is 5.77. The summed E-state index contributed by atoms with van der Waals surface area (Å²) < 4.78 is 0. The van der Waals surface area contributed by atoms with Crippen LogP contribution in [0.15, 0.2) is 12.2 Å². The van der Waals surface area contributed by atoms with E-state index in [4.69, 9.17) is 0 Å². The van der Waals surface area contributed by atoms with Gasteiger partial charge >= 0.3 is 0 Å². The van der Waals surface area contributed by atoms with Crippen molar-refractivity contribution in [2.45, 2.75) is 104 Å². The highest BCUT2D eigenvalue weighted by Crippen LogP contribution is 2.24. The fourth-order valence-corrected chi connectivity index (χ4v) is 3.94. The van der Waals surface area contributed by atoms with Crippen molar-refractivity contribution in [3.63, 3.8) is 0 Å². The van der Waals surface area contributed by atoms with E-state index < -0.39 is 0 Å². The van der Waals surface area contributed by atoms with Gasteiger partial charge in [0, 0.05) is 19.1 Å². The average Bonchev–Trinajstić information content (AvgIpc) is 2.61. The maximum absolute atomic E-state index is 2.86. The summed E-state index contributed by atoms with van der Waals surface area (Å²) >= 11 is 0. The second-order valence-electron chi connectivity index (χ2n) is 7.71. The zero-order valence-corrected chi connectivity index (χ0v) is 16.5. The Balaban J connectivity index is 2.66. The van der Waals surface area contributed by atoms with Crippen LogP contribution < -0.4 is 0 Å². The highest BCUT2D eigenvalue weighted by Gasteiger charge is 2.23. The van der Waals surface area contributed by atoms with Crippen LogP contribution in [0.1, 0.15) is 98.3 Å². The van der Waals surface area contributed by atoms with Gasteiger partial charge in [0.2, 0.25) is 0 Å². The van der Waals surface area contributed by atoms with E-state index in [-0.39, 0.29) is 0 Å². The lowest BCUT2D eigenvalue weighted by Crippen LogP contribution is -2.41. The number of nitrogens with zero attached hydrogens (tertiary/aromatic N) is 1. The quantitative estimate of drug-likeness (QED) is 0.336. The monoisotopic (exact) mass is 321 g/mol. The Morgan fingerprint density at radius 2 is 1.48 bits per heavy atom. The van der Waals surface area contributed by atoms with Crippen LogP contribution in [0.2, 0.25) is 0 Å². The highest BCUT2D eigenvalue weighted by molar-refractivity contribution is 4.99. The molecule has 1 rings (SSSR count). The minimum absolute atomic E-state index is 0.718. The van der Waals surface area contributed by atoms with E-state index in [9.17, 15) is 0 Å². The second-order valence-corrected chi connectivity index (χ2v) is 7.71. The summed E-state index contributed by atoms with van der Waals surface area (Å²) in [4.78, 5) is 2.86. The summed E-state index contributed by atoms with van der Waals surface area (Å²) in [6.07, 6.45) is 20.0. The Hall–Kier alpha value is -0.300. The van der Waals surface area contributed by atoms with Gasteiger partial charge in [-0.2, -0.15) is 0 Å². The molecule has 0 N–H and O–H groups in total. The molecule has 0 radical (unpaired) electrons. The number of hydrogen-bond donors (Lipinski definition) is 0. The third-order valence-electron chi connectivity index (χ3n) is 5.77. The molecule has 1 nitrogen and oxygen atoms in total. The Morgan fingerprint density at radius 1 is 0.913 bits per heavy atom. The van der Waals surface area contributed by atoms with E-state index in [1.54, 1.807) is 0 Å². The van der Waals surface area contributed by atoms with E-state index >= 15 is 0 Å². The van der Waals surface area contributed by atoms with Gasteiger partial charge in [0.05, 0.1) is 0 Å². The molecule has 1 aliphatic carbocycles. The lowest BCUT2D eigenvalue weighted by molar-refractivity contribution is 0.142. The van der Waals surface area contributed by atoms with Gasteiger partial charge in [-0.25, -0.2) is 0 Å². The first kappa shape index (κ1) is 20.7. The molecule has 0 amide bonds. The van der Waals surface area contributed by atoms with Gasteiger partial charge in [-0.1, -0.05) is 78.4 Å². The second kappa shape index (κ2) is 13.0. The van der Waals surface area contributed by atoms with Gasteiger partial charge in [0.1, 0.15) is 0 Å². The SMILES string of the molecule is CCCCC(CC)CN(CC(CC)CCCC)C1C=CCCC1. The van der Waals surface area contributed by atoms with Crippen LogP contribution in [0.3, 0.4) is 0 Å². The predicted molar refractivity (Wildman–Crippen MR) is 105 cm³/mol. The lowest BCUT2D eigenvalue weighted by atomic mass is 9.92. The first-order chi connectivity index (χ1) is 11.2. The van der Waals surface area contributed by atoms with Crippen molar-refractivity contribution in [3.05, 3.63) is 12.2 Å². The number of allylic oxidation sites excluding steroid dienone is 1. The minimum Gasteiger partial charge on any atom is -0.296 e. The van der Waals surface area contributed by atoms with Crippen molar-refractivity contribution in [1.29, 1.82) is 0 Å². The molecule has 136 valence electrons. The van der Waals surface area contributed by atoms with Crippen molar-refractivity contribution < 1.29 is 0 Å². The molecule has 0 saturated heterocycles. The summed E-state index contributed by atoms with van der Waals surface area (Å²) in [5, 5.41) is 0. The third kappa shape index (κ3) is 8.38. The molecule has 0 spiro atoms. The van der Waals surface area contributed by atoms with Crippen LogP contribution in [-0.2, 0) is 0 Å². The maximum atomic E-state index is 2.86. The molecule has 1 aliphatic rings. The van der Waals surface area contributed by atoms with E-state index in [1.165, 1.54) is 83.7 Å². The van der Waals surface area contributed by atoms with Crippen LogP contribution in [0.4, 0.5) is 0 Å². The van der Waals surface area contributed by atoms with Crippen LogP contribution >= 0.6 is 0 Å². The number of rotatable bonds is 13. The lowest BCUT2D eigenvalue weighted by Gasteiger charge is -2.36.